The summed E-state index contributed by atoms with van der Waals surface area (Å²) in [7, 11) is 0. The van der Waals surface area contributed by atoms with E-state index in [0.717, 1.165) is 0 Å². The first-order valence-corrected chi connectivity index (χ1v) is 4.87. The number of nitro benzene ring substituents is 1. The Morgan fingerprint density at radius 1 is 1.47 bits per heavy atom. The first-order valence-electron chi connectivity index (χ1n) is 4.87. The molecule has 0 unspecified atom stereocenters. The molecule has 0 aliphatic heterocycles. The lowest BCUT2D eigenvalue weighted by Crippen LogP contribution is -2.35. The Kier molecular flexibility index (Phi) is 4.47. The highest BCUT2D eigenvalue weighted by molar-refractivity contribution is 5.34. The standard InChI is InChI=1S/C10H12F2N2O3/c11-10(12,7-15)6-13-5-8-2-1-3-9(4-8)14(16)17/h1-4,13,15H,5-7H2. The molecule has 7 heteroatoms. The molecule has 0 spiro atoms. The Morgan fingerprint density at radius 2 is 2.18 bits per heavy atom. The number of halogens is 2. The van der Waals surface area contributed by atoms with Crippen molar-refractivity contribution in [2.75, 3.05) is 13.2 Å². The molecule has 0 amide bonds. The fourth-order valence-corrected chi connectivity index (χ4v) is 1.23. The third-order valence-electron chi connectivity index (χ3n) is 2.07. The minimum absolute atomic E-state index is 0.0806. The van der Waals surface area contributed by atoms with Gasteiger partial charge in [0.15, 0.2) is 0 Å². The van der Waals surface area contributed by atoms with Gasteiger partial charge in [0.25, 0.3) is 11.6 Å². The molecule has 1 aromatic carbocycles. The Bertz CT molecular complexity index is 399. The van der Waals surface area contributed by atoms with Crippen LogP contribution in [0.1, 0.15) is 5.56 Å². The Hall–Kier alpha value is -1.60. The van der Waals surface area contributed by atoms with Crippen molar-refractivity contribution in [2.24, 2.45) is 0 Å². The zero-order chi connectivity index (χ0) is 12.9. The number of rotatable bonds is 6. The van der Waals surface area contributed by atoms with Crippen molar-refractivity contribution in [2.45, 2.75) is 12.5 Å². The second kappa shape index (κ2) is 5.65. The molecule has 0 fully saturated rings. The number of benzene rings is 1. The van der Waals surface area contributed by atoms with Crippen molar-refractivity contribution in [1.29, 1.82) is 0 Å². The number of nitrogens with zero attached hydrogens (tertiary/aromatic N) is 1. The molecular formula is C10H12F2N2O3. The molecule has 2 N–H and O–H groups in total. The van der Waals surface area contributed by atoms with E-state index in [0.29, 0.717) is 5.56 Å². The number of hydrogen-bond donors (Lipinski definition) is 2. The predicted molar refractivity (Wildman–Crippen MR) is 56.8 cm³/mol. The normalized spacial score (nSPS) is 11.5. The van der Waals surface area contributed by atoms with Crippen LogP contribution in [0.5, 0.6) is 0 Å². The summed E-state index contributed by atoms with van der Waals surface area (Å²) in [5.74, 6) is -3.18. The number of nitro groups is 1. The van der Waals surface area contributed by atoms with E-state index in [-0.39, 0.29) is 12.2 Å². The fourth-order valence-electron chi connectivity index (χ4n) is 1.23. The maximum Gasteiger partial charge on any atom is 0.282 e. The molecule has 0 aromatic heterocycles. The smallest absolute Gasteiger partial charge is 0.282 e. The molecule has 1 aromatic rings. The zero-order valence-electron chi connectivity index (χ0n) is 8.90. The van der Waals surface area contributed by atoms with Crippen LogP contribution in [0.15, 0.2) is 24.3 Å². The summed E-state index contributed by atoms with van der Waals surface area (Å²) in [6.45, 7) is -1.82. The molecule has 0 aliphatic carbocycles. The average Bonchev–Trinajstić information content (AvgIpc) is 2.29. The van der Waals surface area contributed by atoms with Gasteiger partial charge in [-0.1, -0.05) is 12.1 Å². The third kappa shape index (κ3) is 4.41. The van der Waals surface area contributed by atoms with Gasteiger partial charge in [-0.25, -0.2) is 8.78 Å². The van der Waals surface area contributed by atoms with Crippen LogP contribution in [0.4, 0.5) is 14.5 Å². The van der Waals surface area contributed by atoms with Crippen LogP contribution in [-0.4, -0.2) is 29.1 Å². The molecule has 17 heavy (non-hydrogen) atoms. The van der Waals surface area contributed by atoms with Gasteiger partial charge >= 0.3 is 0 Å². The van der Waals surface area contributed by atoms with Crippen molar-refractivity contribution >= 4 is 5.69 Å². The minimum atomic E-state index is -3.18. The van der Waals surface area contributed by atoms with E-state index in [1.54, 1.807) is 6.07 Å². The van der Waals surface area contributed by atoms with Gasteiger partial charge < -0.3 is 10.4 Å². The van der Waals surface area contributed by atoms with E-state index in [2.05, 4.69) is 5.32 Å². The second-order valence-corrected chi connectivity index (χ2v) is 3.54. The van der Waals surface area contributed by atoms with Gasteiger partial charge in [-0.05, 0) is 5.56 Å². The largest absolute Gasteiger partial charge is 0.390 e. The van der Waals surface area contributed by atoms with Gasteiger partial charge in [-0.3, -0.25) is 10.1 Å². The maximum atomic E-state index is 12.6. The number of non-ortho nitro benzene ring substituents is 1. The molecular weight excluding hydrogens is 234 g/mol. The van der Waals surface area contributed by atoms with Gasteiger partial charge in [-0.2, -0.15) is 0 Å². The lowest BCUT2D eigenvalue weighted by atomic mass is 10.2. The zero-order valence-corrected chi connectivity index (χ0v) is 8.90. The number of alkyl halides is 2. The molecule has 0 aliphatic rings. The van der Waals surface area contributed by atoms with E-state index < -0.39 is 24.0 Å². The van der Waals surface area contributed by atoms with Gasteiger partial charge in [-0.15, -0.1) is 0 Å². The molecule has 0 saturated carbocycles. The number of aliphatic hydroxyl groups is 1. The third-order valence-corrected chi connectivity index (χ3v) is 2.07. The van der Waals surface area contributed by atoms with Crippen LogP contribution in [0.3, 0.4) is 0 Å². The first-order chi connectivity index (χ1) is 7.94. The lowest BCUT2D eigenvalue weighted by Gasteiger charge is -2.13. The van der Waals surface area contributed by atoms with Gasteiger partial charge in [0, 0.05) is 18.7 Å². The van der Waals surface area contributed by atoms with Crippen LogP contribution in [0, 0.1) is 10.1 Å². The SMILES string of the molecule is O=[N+]([O-])c1cccc(CNCC(F)(F)CO)c1. The van der Waals surface area contributed by atoms with E-state index in [4.69, 9.17) is 5.11 Å². The van der Waals surface area contributed by atoms with Gasteiger partial charge in [0.2, 0.25) is 0 Å². The summed E-state index contributed by atoms with van der Waals surface area (Å²) in [5, 5.41) is 21.2. The summed E-state index contributed by atoms with van der Waals surface area (Å²) < 4.78 is 25.3. The maximum absolute atomic E-state index is 12.6. The highest BCUT2D eigenvalue weighted by atomic mass is 19.3. The molecule has 0 saturated heterocycles. The Morgan fingerprint density at radius 3 is 2.76 bits per heavy atom. The number of hydrogen-bond acceptors (Lipinski definition) is 4. The van der Waals surface area contributed by atoms with Crippen molar-refractivity contribution in [3.8, 4) is 0 Å². The van der Waals surface area contributed by atoms with E-state index in [1.165, 1.54) is 18.2 Å². The van der Waals surface area contributed by atoms with Crippen LogP contribution in [0.25, 0.3) is 0 Å². The highest BCUT2D eigenvalue weighted by Crippen LogP contribution is 2.14. The Balaban J connectivity index is 2.52. The monoisotopic (exact) mass is 246 g/mol. The van der Waals surface area contributed by atoms with E-state index in [9.17, 15) is 18.9 Å². The predicted octanol–water partition coefficient (Wildman–Crippen LogP) is 1.31. The molecule has 94 valence electrons. The summed E-state index contributed by atoms with van der Waals surface area (Å²) in [4.78, 5) is 9.91. The summed E-state index contributed by atoms with van der Waals surface area (Å²) in [6, 6.07) is 5.71. The molecule has 0 bridgehead atoms. The molecule has 0 atom stereocenters. The first kappa shape index (κ1) is 13.5. The summed E-state index contributed by atoms with van der Waals surface area (Å²) in [5.41, 5.74) is 0.450. The summed E-state index contributed by atoms with van der Waals surface area (Å²) in [6.07, 6.45) is 0. The molecule has 5 nitrogen and oxygen atoms in total. The molecule has 0 heterocycles. The van der Waals surface area contributed by atoms with Crippen LogP contribution < -0.4 is 5.32 Å². The van der Waals surface area contributed by atoms with Crippen molar-refractivity contribution < 1.29 is 18.8 Å². The average molecular weight is 246 g/mol. The topological polar surface area (TPSA) is 75.4 Å². The second-order valence-electron chi connectivity index (χ2n) is 3.54. The minimum Gasteiger partial charge on any atom is -0.390 e. The van der Waals surface area contributed by atoms with Crippen LogP contribution in [0.2, 0.25) is 0 Å². The van der Waals surface area contributed by atoms with Crippen LogP contribution >= 0.6 is 0 Å². The molecule has 1 rings (SSSR count). The number of nitrogens with one attached hydrogen (secondary N) is 1. The Labute approximate surface area is 96.2 Å². The van der Waals surface area contributed by atoms with E-state index in [1.807, 2.05) is 0 Å². The van der Waals surface area contributed by atoms with Gasteiger partial charge in [0.05, 0.1) is 11.5 Å². The number of aliphatic hydroxyl groups excluding tert-OH is 1. The fraction of sp³-hybridized carbons (Fsp3) is 0.400. The lowest BCUT2D eigenvalue weighted by molar-refractivity contribution is -0.384. The quantitative estimate of drug-likeness (QED) is 0.586. The summed E-state index contributed by atoms with van der Waals surface area (Å²) >= 11 is 0. The van der Waals surface area contributed by atoms with Crippen molar-refractivity contribution in [1.82, 2.24) is 5.32 Å². The van der Waals surface area contributed by atoms with Gasteiger partial charge in [0.1, 0.15) is 6.61 Å². The molecule has 0 radical (unpaired) electrons. The van der Waals surface area contributed by atoms with Crippen LogP contribution in [-0.2, 0) is 6.54 Å². The highest BCUT2D eigenvalue weighted by Gasteiger charge is 2.26. The van der Waals surface area contributed by atoms with Crippen molar-refractivity contribution in [3.63, 3.8) is 0 Å². The van der Waals surface area contributed by atoms with E-state index >= 15 is 0 Å². The van der Waals surface area contributed by atoms with Crippen molar-refractivity contribution in [3.05, 3.63) is 39.9 Å².